The van der Waals surface area contributed by atoms with Gasteiger partial charge in [-0.25, -0.2) is 0 Å². The summed E-state index contributed by atoms with van der Waals surface area (Å²) < 4.78 is 0. The van der Waals surface area contributed by atoms with E-state index in [9.17, 15) is 9.59 Å². The molecular weight excluding hydrogens is 214 g/mol. The van der Waals surface area contributed by atoms with E-state index in [4.69, 9.17) is 11.6 Å². The topological polar surface area (TPSA) is 46.2 Å². The molecule has 2 amide bonds. The average Bonchev–Trinajstić information content (AvgIpc) is 2.54. The van der Waals surface area contributed by atoms with Gasteiger partial charge in [-0.1, -0.05) is 30.3 Å². The molecule has 1 aliphatic heterocycles. The van der Waals surface area contributed by atoms with Gasteiger partial charge < -0.3 is 0 Å². The van der Waals surface area contributed by atoms with E-state index >= 15 is 0 Å². The minimum Gasteiger partial charge on any atom is -0.288 e. The molecule has 1 heterocycles. The van der Waals surface area contributed by atoms with Crippen LogP contribution in [0, 0.1) is 0 Å². The van der Waals surface area contributed by atoms with Crippen molar-refractivity contribution < 1.29 is 9.59 Å². The Balaban J connectivity index is 2.55. The number of carbonyl (C=O) groups is 2. The molecule has 0 aliphatic carbocycles. The highest BCUT2D eigenvalue weighted by Crippen LogP contribution is 2.24. The van der Waals surface area contributed by atoms with E-state index in [2.05, 4.69) is 5.32 Å². The molecule has 15 heavy (non-hydrogen) atoms. The first-order valence-corrected chi connectivity index (χ1v) is 4.97. The Morgan fingerprint density at radius 1 is 1.07 bits per heavy atom. The van der Waals surface area contributed by atoms with Gasteiger partial charge in [0.05, 0.1) is 11.5 Å². The Hall–Kier alpha value is -1.61. The van der Waals surface area contributed by atoms with E-state index < -0.39 is 5.91 Å². The van der Waals surface area contributed by atoms with Crippen molar-refractivity contribution in [2.24, 2.45) is 0 Å². The molecule has 76 valence electrons. The van der Waals surface area contributed by atoms with E-state index in [-0.39, 0.29) is 11.8 Å². The van der Waals surface area contributed by atoms with Gasteiger partial charge in [-0.15, -0.1) is 11.6 Å². The monoisotopic (exact) mass is 221 g/mol. The molecule has 4 heteroatoms. The van der Waals surface area contributed by atoms with Crippen LogP contribution in [-0.4, -0.2) is 17.7 Å². The van der Waals surface area contributed by atoms with Crippen LogP contribution in [0.2, 0.25) is 0 Å². The maximum atomic E-state index is 11.5. The molecule has 0 unspecified atom stereocenters. The number of rotatable bonds is 2. The number of alkyl halides is 1. The summed E-state index contributed by atoms with van der Waals surface area (Å²) in [5, 5.41) is 2.23. The minimum atomic E-state index is -0.395. The largest absolute Gasteiger partial charge is 0.288 e. The zero-order chi connectivity index (χ0) is 10.8. The van der Waals surface area contributed by atoms with Gasteiger partial charge in [-0.2, -0.15) is 0 Å². The number of hydrogen-bond acceptors (Lipinski definition) is 2. The van der Waals surface area contributed by atoms with Crippen LogP contribution < -0.4 is 5.32 Å². The molecule has 1 aromatic carbocycles. The fourth-order valence-electron chi connectivity index (χ4n) is 1.53. The quantitative estimate of drug-likeness (QED) is 0.605. The number of nitrogens with one attached hydrogen (secondary N) is 1. The van der Waals surface area contributed by atoms with Crippen LogP contribution in [-0.2, 0) is 9.59 Å². The first-order chi connectivity index (χ1) is 7.24. The number of halogens is 1. The van der Waals surface area contributed by atoms with Crippen molar-refractivity contribution in [1.82, 2.24) is 5.32 Å². The summed E-state index contributed by atoms with van der Waals surface area (Å²) >= 11 is 5.64. The third-order valence-corrected chi connectivity index (χ3v) is 2.49. The molecule has 0 fully saturated rings. The van der Waals surface area contributed by atoms with Crippen molar-refractivity contribution >= 4 is 29.0 Å². The normalized spacial score (nSPS) is 15.8. The third kappa shape index (κ3) is 1.66. The summed E-state index contributed by atoms with van der Waals surface area (Å²) in [5.41, 5.74) is 1.44. The Morgan fingerprint density at radius 2 is 1.73 bits per heavy atom. The maximum Gasteiger partial charge on any atom is 0.259 e. The zero-order valence-electron chi connectivity index (χ0n) is 7.79. The van der Waals surface area contributed by atoms with Crippen molar-refractivity contribution in [2.45, 2.75) is 0 Å². The number of benzene rings is 1. The fraction of sp³-hybridized carbons (Fsp3) is 0.0909. The fourth-order valence-corrected chi connectivity index (χ4v) is 1.78. The summed E-state index contributed by atoms with van der Waals surface area (Å²) in [5.74, 6) is -0.724. The van der Waals surface area contributed by atoms with E-state index in [1.165, 1.54) is 0 Å². The molecule has 0 spiro atoms. The number of carbonyl (C=O) groups excluding carboxylic acids is 2. The van der Waals surface area contributed by atoms with Gasteiger partial charge in [-0.05, 0) is 5.56 Å². The van der Waals surface area contributed by atoms with Gasteiger partial charge in [0.25, 0.3) is 11.8 Å². The van der Waals surface area contributed by atoms with Gasteiger partial charge >= 0.3 is 0 Å². The lowest BCUT2D eigenvalue weighted by molar-refractivity contribution is -0.123. The van der Waals surface area contributed by atoms with Crippen molar-refractivity contribution in [2.75, 3.05) is 5.88 Å². The highest BCUT2D eigenvalue weighted by atomic mass is 35.5. The zero-order valence-corrected chi connectivity index (χ0v) is 8.54. The highest BCUT2D eigenvalue weighted by molar-refractivity contribution is 6.39. The number of amides is 2. The van der Waals surface area contributed by atoms with Crippen LogP contribution in [0.5, 0.6) is 0 Å². The molecule has 1 aromatic rings. The van der Waals surface area contributed by atoms with Gasteiger partial charge in [0.15, 0.2) is 0 Å². The molecule has 1 N–H and O–H groups in total. The van der Waals surface area contributed by atoms with Crippen LogP contribution >= 0.6 is 11.6 Å². The number of imide groups is 1. The van der Waals surface area contributed by atoms with E-state index in [0.29, 0.717) is 11.1 Å². The van der Waals surface area contributed by atoms with Crippen LogP contribution in [0.3, 0.4) is 0 Å². The van der Waals surface area contributed by atoms with E-state index in [1.807, 2.05) is 18.2 Å². The Kier molecular flexibility index (Phi) is 2.56. The summed E-state index contributed by atoms with van der Waals surface area (Å²) in [6, 6.07) is 9.02. The molecule has 2 rings (SSSR count). The van der Waals surface area contributed by atoms with Gasteiger partial charge in [0.2, 0.25) is 0 Å². The van der Waals surface area contributed by atoms with Gasteiger partial charge in [0.1, 0.15) is 0 Å². The molecule has 0 bridgehead atoms. The summed E-state index contributed by atoms with van der Waals surface area (Å²) in [6.45, 7) is 0. The first kappa shape index (κ1) is 9.93. The molecule has 0 aromatic heterocycles. The Morgan fingerprint density at radius 3 is 2.33 bits per heavy atom. The summed E-state index contributed by atoms with van der Waals surface area (Å²) in [4.78, 5) is 22.8. The second-order valence-electron chi connectivity index (χ2n) is 3.14. The molecule has 3 nitrogen and oxygen atoms in total. The van der Waals surface area contributed by atoms with Crippen molar-refractivity contribution in [3.8, 4) is 0 Å². The SMILES string of the molecule is O=C1NC(=O)C(c2ccccc2)=C1CCl. The van der Waals surface area contributed by atoms with Gasteiger partial charge in [-0.3, -0.25) is 14.9 Å². The Bertz CT molecular complexity index is 451. The van der Waals surface area contributed by atoms with Crippen LogP contribution in [0.1, 0.15) is 5.56 Å². The first-order valence-electron chi connectivity index (χ1n) is 4.44. The van der Waals surface area contributed by atoms with E-state index in [0.717, 1.165) is 5.56 Å². The van der Waals surface area contributed by atoms with Crippen molar-refractivity contribution in [3.05, 3.63) is 41.5 Å². The molecule has 0 saturated heterocycles. The van der Waals surface area contributed by atoms with Crippen LogP contribution in [0.25, 0.3) is 5.57 Å². The van der Waals surface area contributed by atoms with E-state index in [1.54, 1.807) is 12.1 Å². The van der Waals surface area contributed by atoms with Crippen LogP contribution in [0.15, 0.2) is 35.9 Å². The second kappa shape index (κ2) is 3.87. The lowest BCUT2D eigenvalue weighted by atomic mass is 10.0. The number of hydrogen-bond donors (Lipinski definition) is 1. The molecule has 1 aliphatic rings. The second-order valence-corrected chi connectivity index (χ2v) is 3.40. The van der Waals surface area contributed by atoms with Crippen molar-refractivity contribution in [3.63, 3.8) is 0 Å². The standard InChI is InChI=1S/C11H8ClNO2/c12-6-8-9(11(15)13-10(8)14)7-4-2-1-3-5-7/h1-5H,6H2,(H,13,14,15). The predicted octanol–water partition coefficient (Wildman–Crippen LogP) is 1.34. The average molecular weight is 222 g/mol. The molecular formula is C11H8ClNO2. The summed E-state index contributed by atoms with van der Waals surface area (Å²) in [6.07, 6.45) is 0. The Labute approximate surface area is 91.7 Å². The van der Waals surface area contributed by atoms with Crippen molar-refractivity contribution in [1.29, 1.82) is 0 Å². The maximum absolute atomic E-state index is 11.5. The highest BCUT2D eigenvalue weighted by Gasteiger charge is 2.29. The smallest absolute Gasteiger partial charge is 0.259 e. The predicted molar refractivity (Wildman–Crippen MR) is 57.2 cm³/mol. The lowest BCUT2D eigenvalue weighted by Crippen LogP contribution is -2.23. The molecule has 0 radical (unpaired) electrons. The third-order valence-electron chi connectivity index (χ3n) is 2.23. The lowest BCUT2D eigenvalue weighted by Gasteiger charge is -2.00. The molecule has 0 atom stereocenters. The molecule has 0 saturated carbocycles. The van der Waals surface area contributed by atoms with Crippen LogP contribution in [0.4, 0.5) is 0 Å². The van der Waals surface area contributed by atoms with Gasteiger partial charge in [0, 0.05) is 5.57 Å². The minimum absolute atomic E-state index is 0.0435. The summed E-state index contributed by atoms with van der Waals surface area (Å²) in [7, 11) is 0.